The van der Waals surface area contributed by atoms with E-state index in [-0.39, 0.29) is 23.3 Å². The largest absolute Gasteiger partial charge is 0.495 e. The molecule has 0 aromatic heterocycles. The molecule has 0 aliphatic carbocycles. The van der Waals surface area contributed by atoms with Crippen LogP contribution in [0.15, 0.2) is 47.4 Å². The van der Waals surface area contributed by atoms with Gasteiger partial charge in [0.25, 0.3) is 0 Å². The van der Waals surface area contributed by atoms with Crippen molar-refractivity contribution >= 4 is 27.7 Å². The fraction of sp³-hybridized carbons (Fsp3) is 0.318. The van der Waals surface area contributed by atoms with Crippen LogP contribution < -0.4 is 19.5 Å². The molecule has 4 rings (SSSR count). The molecule has 2 aliphatic rings. The maximum Gasteiger partial charge on any atom is 0.248 e. The number of anilines is 1. The average molecular weight is 445 g/mol. The first kappa shape index (κ1) is 21.2. The van der Waals surface area contributed by atoms with Crippen LogP contribution in [0.5, 0.6) is 17.2 Å². The number of ether oxygens (including phenoxy) is 3. The van der Waals surface area contributed by atoms with E-state index < -0.39 is 10.0 Å². The molecular weight excluding hydrogens is 420 g/mol. The minimum atomic E-state index is -3.71. The monoisotopic (exact) mass is 444 g/mol. The molecule has 31 heavy (non-hydrogen) atoms. The number of carbonyl (C=O) groups excluding carboxylic acids is 1. The first-order valence-electron chi connectivity index (χ1n) is 10.0. The highest BCUT2D eigenvalue weighted by Gasteiger charge is 2.29. The van der Waals surface area contributed by atoms with Crippen molar-refractivity contribution in [2.75, 3.05) is 32.3 Å². The number of carbonyl (C=O) groups is 1. The molecule has 0 unspecified atom stereocenters. The summed E-state index contributed by atoms with van der Waals surface area (Å²) < 4.78 is 43.6. The summed E-state index contributed by atoms with van der Waals surface area (Å²) in [6.07, 6.45) is 5.72. The van der Waals surface area contributed by atoms with Crippen molar-refractivity contribution in [3.63, 3.8) is 0 Å². The smallest absolute Gasteiger partial charge is 0.248 e. The summed E-state index contributed by atoms with van der Waals surface area (Å²) >= 11 is 0. The summed E-state index contributed by atoms with van der Waals surface area (Å²) in [5, 5.41) is 2.71. The number of rotatable bonds is 6. The normalized spacial score (nSPS) is 16.4. The number of amides is 1. The van der Waals surface area contributed by atoms with Crippen molar-refractivity contribution < 1.29 is 27.4 Å². The number of hydrogen-bond donors (Lipinski definition) is 1. The van der Waals surface area contributed by atoms with E-state index in [1.165, 1.54) is 23.6 Å². The second-order valence-electron chi connectivity index (χ2n) is 7.27. The third kappa shape index (κ3) is 4.67. The van der Waals surface area contributed by atoms with Gasteiger partial charge < -0.3 is 19.5 Å². The molecule has 2 aromatic carbocycles. The van der Waals surface area contributed by atoms with Gasteiger partial charge in [0.05, 0.1) is 7.11 Å². The van der Waals surface area contributed by atoms with Gasteiger partial charge in [-0.1, -0.05) is 12.5 Å². The second-order valence-corrected chi connectivity index (χ2v) is 9.17. The number of methoxy groups -OCH3 is 1. The van der Waals surface area contributed by atoms with Crippen molar-refractivity contribution in [2.24, 2.45) is 0 Å². The van der Waals surface area contributed by atoms with E-state index in [1.807, 2.05) is 6.07 Å². The summed E-state index contributed by atoms with van der Waals surface area (Å²) in [7, 11) is -2.28. The average Bonchev–Trinajstić information content (AvgIpc) is 3.26. The van der Waals surface area contributed by atoms with Crippen LogP contribution in [0.3, 0.4) is 0 Å². The predicted molar refractivity (Wildman–Crippen MR) is 116 cm³/mol. The van der Waals surface area contributed by atoms with Gasteiger partial charge in [-0.3, -0.25) is 4.79 Å². The van der Waals surface area contributed by atoms with Crippen LogP contribution >= 0.6 is 0 Å². The van der Waals surface area contributed by atoms with Crippen LogP contribution in [0.4, 0.5) is 5.69 Å². The van der Waals surface area contributed by atoms with Gasteiger partial charge in [0.2, 0.25) is 22.7 Å². The fourth-order valence-corrected chi connectivity index (χ4v) is 5.27. The summed E-state index contributed by atoms with van der Waals surface area (Å²) in [6, 6.07) is 9.97. The van der Waals surface area contributed by atoms with Gasteiger partial charge in [-0.2, -0.15) is 4.31 Å². The van der Waals surface area contributed by atoms with Crippen LogP contribution in [-0.2, 0) is 14.8 Å². The highest BCUT2D eigenvalue weighted by molar-refractivity contribution is 7.89. The molecule has 1 fully saturated rings. The van der Waals surface area contributed by atoms with E-state index in [1.54, 1.807) is 30.3 Å². The molecule has 0 bridgehead atoms. The lowest BCUT2D eigenvalue weighted by Gasteiger charge is -2.26. The molecular formula is C22H24N2O6S. The van der Waals surface area contributed by atoms with E-state index in [9.17, 15) is 13.2 Å². The lowest BCUT2D eigenvalue weighted by atomic mass is 10.2. The van der Waals surface area contributed by atoms with Gasteiger partial charge >= 0.3 is 0 Å². The Bertz CT molecular complexity index is 1110. The zero-order valence-electron chi connectivity index (χ0n) is 17.2. The van der Waals surface area contributed by atoms with Crippen molar-refractivity contribution in [2.45, 2.75) is 24.2 Å². The van der Waals surface area contributed by atoms with Crippen molar-refractivity contribution in [3.8, 4) is 17.2 Å². The minimum Gasteiger partial charge on any atom is -0.495 e. The number of piperidine rings is 1. The standard InChI is InChI=1S/C22H24N2O6S/c1-28-19-9-7-17(14-21(19)31(26,27)24-11-3-2-4-12-24)23-22(25)10-6-16-5-8-18-20(13-16)30-15-29-18/h5-10,13-14H,2-4,11-12,15H2,1H3,(H,23,25)/b10-6+. The van der Waals surface area contributed by atoms with E-state index in [0.717, 1.165) is 24.8 Å². The molecule has 2 aromatic rings. The first-order chi connectivity index (χ1) is 15.0. The lowest BCUT2D eigenvalue weighted by Crippen LogP contribution is -2.35. The Hall–Kier alpha value is -3.04. The van der Waals surface area contributed by atoms with Crippen LogP contribution in [0, 0.1) is 0 Å². The Morgan fingerprint density at radius 2 is 1.84 bits per heavy atom. The molecule has 0 saturated carbocycles. The maximum absolute atomic E-state index is 13.1. The predicted octanol–water partition coefficient (Wildman–Crippen LogP) is 3.25. The summed E-state index contributed by atoms with van der Waals surface area (Å²) in [4.78, 5) is 12.4. The van der Waals surface area contributed by atoms with E-state index >= 15 is 0 Å². The van der Waals surface area contributed by atoms with Crippen LogP contribution in [0.25, 0.3) is 6.08 Å². The molecule has 0 spiro atoms. The van der Waals surface area contributed by atoms with E-state index in [4.69, 9.17) is 14.2 Å². The summed E-state index contributed by atoms with van der Waals surface area (Å²) in [5.41, 5.74) is 1.15. The minimum absolute atomic E-state index is 0.0504. The SMILES string of the molecule is COc1ccc(NC(=O)/C=C/c2ccc3c(c2)OCO3)cc1S(=O)(=O)N1CCCCC1. The number of nitrogens with zero attached hydrogens (tertiary/aromatic N) is 1. The zero-order valence-corrected chi connectivity index (χ0v) is 18.0. The molecule has 1 saturated heterocycles. The lowest BCUT2D eigenvalue weighted by molar-refractivity contribution is -0.111. The van der Waals surface area contributed by atoms with Gasteiger partial charge in [0.15, 0.2) is 11.5 Å². The Balaban J connectivity index is 1.50. The van der Waals surface area contributed by atoms with E-state index in [2.05, 4.69) is 5.32 Å². The van der Waals surface area contributed by atoms with Gasteiger partial charge in [-0.05, 0) is 54.8 Å². The Kier molecular flexibility index (Phi) is 6.15. The molecule has 1 amide bonds. The topological polar surface area (TPSA) is 94.2 Å². The Morgan fingerprint density at radius 1 is 1.06 bits per heavy atom. The first-order valence-corrected chi connectivity index (χ1v) is 11.5. The van der Waals surface area contributed by atoms with E-state index in [0.29, 0.717) is 30.3 Å². The summed E-state index contributed by atoms with van der Waals surface area (Å²) in [5.74, 6) is 1.16. The van der Waals surface area contributed by atoms with Crippen molar-refractivity contribution in [1.82, 2.24) is 4.31 Å². The molecule has 164 valence electrons. The quantitative estimate of drug-likeness (QED) is 0.688. The van der Waals surface area contributed by atoms with Crippen LogP contribution in [0.1, 0.15) is 24.8 Å². The van der Waals surface area contributed by atoms with Crippen molar-refractivity contribution in [1.29, 1.82) is 0 Å². The molecule has 0 radical (unpaired) electrons. The van der Waals surface area contributed by atoms with Crippen molar-refractivity contribution in [3.05, 3.63) is 48.0 Å². The second kappa shape index (κ2) is 8.99. The number of fused-ring (bicyclic) bond motifs is 1. The Labute approximate surface area is 181 Å². The number of hydrogen-bond acceptors (Lipinski definition) is 6. The molecule has 9 heteroatoms. The number of sulfonamides is 1. The summed E-state index contributed by atoms with van der Waals surface area (Å²) in [6.45, 7) is 1.16. The van der Waals surface area contributed by atoms with Gasteiger partial charge in [-0.25, -0.2) is 8.42 Å². The maximum atomic E-state index is 13.1. The van der Waals surface area contributed by atoms with Crippen LogP contribution in [-0.4, -0.2) is 45.6 Å². The molecule has 2 aliphatic heterocycles. The molecule has 2 heterocycles. The number of nitrogens with one attached hydrogen (secondary N) is 1. The number of benzene rings is 2. The third-order valence-corrected chi connectivity index (χ3v) is 7.11. The van der Waals surface area contributed by atoms with Gasteiger partial charge in [-0.15, -0.1) is 0 Å². The Morgan fingerprint density at radius 3 is 2.61 bits per heavy atom. The highest BCUT2D eigenvalue weighted by atomic mass is 32.2. The zero-order chi connectivity index (χ0) is 21.8. The molecule has 8 nitrogen and oxygen atoms in total. The van der Waals surface area contributed by atoms with Crippen LogP contribution in [0.2, 0.25) is 0 Å². The fourth-order valence-electron chi connectivity index (χ4n) is 3.57. The van der Waals surface area contributed by atoms with Gasteiger partial charge in [0, 0.05) is 24.9 Å². The highest BCUT2D eigenvalue weighted by Crippen LogP contribution is 2.33. The molecule has 1 N–H and O–H groups in total. The van der Waals surface area contributed by atoms with Gasteiger partial charge in [0.1, 0.15) is 10.6 Å². The third-order valence-electron chi connectivity index (χ3n) is 5.19. The molecule has 0 atom stereocenters.